The average molecular weight is 445 g/mol. The quantitative estimate of drug-likeness (QED) is 0.153. The first-order valence-electron chi connectivity index (χ1n) is 12.0. The Kier molecular flexibility index (Phi) is 15.5. The van der Waals surface area contributed by atoms with Gasteiger partial charge in [0.1, 0.15) is 11.9 Å². The van der Waals surface area contributed by atoms with Gasteiger partial charge in [-0.05, 0) is 38.3 Å². The average Bonchev–Trinajstić information content (AvgIpc) is 2.77. The largest absolute Gasteiger partial charge is 0.493 e. The lowest BCUT2D eigenvalue weighted by Gasteiger charge is -2.12. The number of esters is 2. The van der Waals surface area contributed by atoms with E-state index in [1.165, 1.54) is 39.0 Å². The van der Waals surface area contributed by atoms with Crippen LogP contribution in [0.5, 0.6) is 5.75 Å². The molecule has 0 saturated heterocycles. The monoisotopic (exact) mass is 444 g/mol. The first-order valence-corrected chi connectivity index (χ1v) is 12.0. The minimum absolute atomic E-state index is 0.197. The van der Waals surface area contributed by atoms with Crippen LogP contribution in [0.25, 0.3) is 6.08 Å². The normalized spacial score (nSPS) is 12.2. The molecule has 0 radical (unpaired) electrons. The molecule has 1 atom stereocenters. The van der Waals surface area contributed by atoms with E-state index in [1.54, 1.807) is 6.92 Å². The molecule has 5 nitrogen and oxygen atoms in total. The third-order valence-electron chi connectivity index (χ3n) is 4.88. The van der Waals surface area contributed by atoms with Gasteiger partial charge in [-0.2, -0.15) is 0 Å². The Labute approximate surface area is 193 Å². The summed E-state index contributed by atoms with van der Waals surface area (Å²) in [6, 6.07) is 7.76. The number of allylic oxidation sites excluding steroid dienone is 2. The van der Waals surface area contributed by atoms with Crippen LogP contribution in [0.3, 0.4) is 0 Å². The number of ether oxygens (including phenoxy) is 3. The molecular weight excluding hydrogens is 404 g/mol. The van der Waals surface area contributed by atoms with Gasteiger partial charge in [-0.1, -0.05) is 75.5 Å². The highest BCUT2D eigenvalue weighted by molar-refractivity contribution is 5.69. The lowest BCUT2D eigenvalue weighted by molar-refractivity contribution is -0.145. The van der Waals surface area contributed by atoms with E-state index in [0.29, 0.717) is 26.1 Å². The molecule has 0 N–H and O–H groups in total. The zero-order valence-corrected chi connectivity index (χ0v) is 20.0. The molecule has 1 aromatic carbocycles. The summed E-state index contributed by atoms with van der Waals surface area (Å²) in [6.45, 7) is 6.32. The van der Waals surface area contributed by atoms with Gasteiger partial charge in [0.25, 0.3) is 0 Å². The van der Waals surface area contributed by atoms with Gasteiger partial charge in [0.2, 0.25) is 0 Å². The molecule has 1 aromatic rings. The van der Waals surface area contributed by atoms with Gasteiger partial charge in [0.05, 0.1) is 13.2 Å². The molecule has 0 aliphatic rings. The molecule has 0 amide bonds. The summed E-state index contributed by atoms with van der Waals surface area (Å²) in [6.07, 6.45) is 16.6. The predicted octanol–water partition coefficient (Wildman–Crippen LogP) is 6.66. The van der Waals surface area contributed by atoms with Gasteiger partial charge in [0.15, 0.2) is 0 Å². The Bertz CT molecular complexity index is 708. The molecule has 0 spiro atoms. The van der Waals surface area contributed by atoms with Gasteiger partial charge in [0, 0.05) is 18.9 Å². The summed E-state index contributed by atoms with van der Waals surface area (Å²) >= 11 is 0. The third-order valence-corrected chi connectivity index (χ3v) is 4.88. The van der Waals surface area contributed by atoms with E-state index in [9.17, 15) is 9.59 Å². The van der Waals surface area contributed by atoms with Crippen LogP contribution in [0.4, 0.5) is 0 Å². The van der Waals surface area contributed by atoms with Crippen molar-refractivity contribution in [2.75, 3.05) is 13.2 Å². The zero-order chi connectivity index (χ0) is 23.4. The van der Waals surface area contributed by atoms with E-state index >= 15 is 0 Å². The lowest BCUT2D eigenvalue weighted by atomic mass is 10.1. The second-order valence-electron chi connectivity index (χ2n) is 7.74. The van der Waals surface area contributed by atoms with Crippen molar-refractivity contribution in [3.05, 3.63) is 48.1 Å². The maximum absolute atomic E-state index is 11.4. The van der Waals surface area contributed by atoms with Crippen molar-refractivity contribution in [3.63, 3.8) is 0 Å². The fourth-order valence-corrected chi connectivity index (χ4v) is 3.26. The molecule has 32 heavy (non-hydrogen) atoms. The molecule has 0 bridgehead atoms. The van der Waals surface area contributed by atoms with E-state index in [-0.39, 0.29) is 18.0 Å². The number of hydrogen-bond acceptors (Lipinski definition) is 5. The molecule has 178 valence electrons. The zero-order valence-electron chi connectivity index (χ0n) is 20.0. The van der Waals surface area contributed by atoms with Gasteiger partial charge in [-0.25, -0.2) is 0 Å². The number of para-hydroxylation sites is 1. The Morgan fingerprint density at radius 2 is 1.72 bits per heavy atom. The number of rotatable bonds is 17. The molecule has 5 heteroatoms. The number of carbonyl (C=O) groups excluding carboxylic acids is 2. The highest BCUT2D eigenvalue weighted by atomic mass is 16.5. The van der Waals surface area contributed by atoms with Crippen molar-refractivity contribution in [1.82, 2.24) is 0 Å². The van der Waals surface area contributed by atoms with Gasteiger partial charge in [-0.15, -0.1) is 0 Å². The summed E-state index contributed by atoms with van der Waals surface area (Å²) < 4.78 is 16.2. The molecule has 1 rings (SSSR count). The van der Waals surface area contributed by atoms with Crippen molar-refractivity contribution >= 4 is 18.0 Å². The van der Waals surface area contributed by atoms with Crippen LogP contribution in [0, 0.1) is 0 Å². The van der Waals surface area contributed by atoms with Crippen LogP contribution in [-0.4, -0.2) is 31.3 Å². The number of hydrogen-bond donors (Lipinski definition) is 0. The highest BCUT2D eigenvalue weighted by Crippen LogP contribution is 2.20. The van der Waals surface area contributed by atoms with Crippen LogP contribution < -0.4 is 4.74 Å². The summed E-state index contributed by atoms with van der Waals surface area (Å²) in [4.78, 5) is 22.8. The summed E-state index contributed by atoms with van der Waals surface area (Å²) in [5.41, 5.74) is 0.952. The fraction of sp³-hybridized carbons (Fsp3) is 0.556. The van der Waals surface area contributed by atoms with Crippen LogP contribution in [0.1, 0.15) is 84.1 Å². The molecule has 0 saturated carbocycles. The van der Waals surface area contributed by atoms with Gasteiger partial charge < -0.3 is 14.2 Å². The number of benzene rings is 1. The second kappa shape index (κ2) is 18.1. The Morgan fingerprint density at radius 1 is 0.969 bits per heavy atom. The van der Waals surface area contributed by atoms with E-state index in [1.807, 2.05) is 48.6 Å². The first kappa shape index (κ1) is 27.5. The number of unbranched alkanes of at least 4 members (excludes halogenated alkanes) is 5. The molecule has 0 aliphatic heterocycles. The maximum Gasteiger partial charge on any atom is 0.305 e. The van der Waals surface area contributed by atoms with Crippen molar-refractivity contribution in [3.8, 4) is 5.75 Å². The molecule has 0 fully saturated rings. The van der Waals surface area contributed by atoms with Crippen LogP contribution >= 0.6 is 0 Å². The predicted molar refractivity (Wildman–Crippen MR) is 130 cm³/mol. The Balaban J connectivity index is 2.52. The Morgan fingerprint density at radius 3 is 2.47 bits per heavy atom. The topological polar surface area (TPSA) is 61.8 Å². The summed E-state index contributed by atoms with van der Waals surface area (Å²) in [5, 5.41) is 0. The maximum atomic E-state index is 11.4. The second-order valence-corrected chi connectivity index (χ2v) is 7.74. The molecule has 1 unspecified atom stereocenters. The summed E-state index contributed by atoms with van der Waals surface area (Å²) in [7, 11) is 0. The lowest BCUT2D eigenvalue weighted by Crippen LogP contribution is -2.13. The first-order chi connectivity index (χ1) is 15.6. The van der Waals surface area contributed by atoms with Crippen LogP contribution in [0.2, 0.25) is 0 Å². The van der Waals surface area contributed by atoms with Gasteiger partial charge in [-0.3, -0.25) is 9.59 Å². The van der Waals surface area contributed by atoms with Crippen LogP contribution in [0.15, 0.2) is 42.5 Å². The van der Waals surface area contributed by atoms with Crippen molar-refractivity contribution < 1.29 is 23.8 Å². The van der Waals surface area contributed by atoms with E-state index in [4.69, 9.17) is 14.2 Å². The minimum atomic E-state index is -0.254. The van der Waals surface area contributed by atoms with Crippen molar-refractivity contribution in [1.29, 1.82) is 0 Å². The van der Waals surface area contributed by atoms with Crippen molar-refractivity contribution in [2.45, 2.75) is 84.7 Å². The van der Waals surface area contributed by atoms with E-state index in [2.05, 4.69) is 6.92 Å². The molecular formula is C27H40O5. The smallest absolute Gasteiger partial charge is 0.305 e. The Hall–Kier alpha value is -2.56. The summed E-state index contributed by atoms with van der Waals surface area (Å²) in [5.74, 6) is 0.318. The molecule has 0 aromatic heterocycles. The highest BCUT2D eigenvalue weighted by Gasteiger charge is 2.07. The van der Waals surface area contributed by atoms with Crippen molar-refractivity contribution in [2.24, 2.45) is 0 Å². The number of carbonyl (C=O) groups is 2. The fourth-order valence-electron chi connectivity index (χ4n) is 3.26. The van der Waals surface area contributed by atoms with E-state index in [0.717, 1.165) is 24.2 Å². The standard InChI is InChI=1S/C27H40O5/c1-4-6-7-8-9-10-18-25(32-23(3)28)19-13-11-16-24-17-12-14-20-26(24)31-22-15-21-27(29)30-5-2/h11-14,16-17,19-20,25H,4-10,15,18,21-22H2,1-3H3/b16-11+,19-13+. The molecule has 0 heterocycles. The van der Waals surface area contributed by atoms with Crippen LogP contribution in [-0.2, 0) is 19.1 Å². The van der Waals surface area contributed by atoms with Gasteiger partial charge >= 0.3 is 11.9 Å². The minimum Gasteiger partial charge on any atom is -0.493 e. The SMILES string of the molecule is CCCCCCCCC(/C=C/C=C/c1ccccc1OCCCC(=O)OCC)OC(C)=O. The van der Waals surface area contributed by atoms with E-state index < -0.39 is 0 Å². The third kappa shape index (κ3) is 13.7. The molecule has 0 aliphatic carbocycles.